The largest absolute Gasteiger partial charge is 0.391 e. The summed E-state index contributed by atoms with van der Waals surface area (Å²) in [5, 5.41) is 12.6. The Kier molecular flexibility index (Phi) is 3.06. The summed E-state index contributed by atoms with van der Waals surface area (Å²) < 4.78 is 0. The van der Waals surface area contributed by atoms with Crippen LogP contribution in [-0.2, 0) is 4.79 Å². The summed E-state index contributed by atoms with van der Waals surface area (Å²) in [7, 11) is 0. The second-order valence-electron chi connectivity index (χ2n) is 4.67. The van der Waals surface area contributed by atoms with E-state index in [2.05, 4.69) is 5.32 Å². The molecule has 14 heavy (non-hydrogen) atoms. The van der Waals surface area contributed by atoms with Crippen molar-refractivity contribution < 1.29 is 9.90 Å². The molecule has 80 valence electrons. The van der Waals surface area contributed by atoms with Crippen LogP contribution in [0.15, 0.2) is 0 Å². The van der Waals surface area contributed by atoms with Crippen molar-refractivity contribution >= 4 is 5.91 Å². The Morgan fingerprint density at radius 3 is 2.57 bits per heavy atom. The number of aliphatic hydroxyl groups excluding tert-OH is 1. The third-order valence-electron chi connectivity index (χ3n) is 3.25. The molecule has 0 saturated heterocycles. The van der Waals surface area contributed by atoms with Crippen molar-refractivity contribution in [2.45, 2.75) is 57.1 Å². The van der Waals surface area contributed by atoms with E-state index in [1.807, 2.05) is 0 Å². The van der Waals surface area contributed by atoms with Gasteiger partial charge in [-0.2, -0.15) is 0 Å². The van der Waals surface area contributed by atoms with Crippen molar-refractivity contribution in [1.82, 2.24) is 5.32 Å². The van der Waals surface area contributed by atoms with Gasteiger partial charge in [-0.05, 0) is 31.6 Å². The number of carbonyl (C=O) groups is 1. The molecule has 2 aliphatic rings. The van der Waals surface area contributed by atoms with Gasteiger partial charge in [-0.25, -0.2) is 0 Å². The van der Waals surface area contributed by atoms with Crippen molar-refractivity contribution in [3.8, 4) is 0 Å². The highest BCUT2D eigenvalue weighted by Gasteiger charge is 2.28. The Morgan fingerprint density at radius 2 is 1.93 bits per heavy atom. The van der Waals surface area contributed by atoms with E-state index >= 15 is 0 Å². The van der Waals surface area contributed by atoms with Crippen LogP contribution < -0.4 is 5.32 Å². The zero-order chi connectivity index (χ0) is 9.97. The molecule has 0 heterocycles. The van der Waals surface area contributed by atoms with Crippen LogP contribution in [0.25, 0.3) is 0 Å². The first-order valence-electron chi connectivity index (χ1n) is 5.73. The second kappa shape index (κ2) is 4.30. The van der Waals surface area contributed by atoms with Gasteiger partial charge in [0.25, 0.3) is 0 Å². The number of hydrogen-bond donors (Lipinski definition) is 2. The van der Waals surface area contributed by atoms with Gasteiger partial charge in [-0.15, -0.1) is 0 Å². The minimum absolute atomic E-state index is 0.0231. The zero-order valence-corrected chi connectivity index (χ0v) is 8.54. The maximum Gasteiger partial charge on any atom is 0.220 e. The maximum atomic E-state index is 11.5. The fraction of sp³-hybridized carbons (Fsp3) is 0.909. The molecule has 2 N–H and O–H groups in total. The fourth-order valence-corrected chi connectivity index (χ4v) is 2.13. The lowest BCUT2D eigenvalue weighted by atomic mass is 9.92. The molecule has 2 atom stereocenters. The number of amides is 1. The number of aliphatic hydroxyl groups is 1. The van der Waals surface area contributed by atoms with Gasteiger partial charge in [0.15, 0.2) is 0 Å². The standard InChI is InChI=1S/C11H19NO2/c13-10-4-2-1-3-9(10)12-11(14)7-8-5-6-8/h8-10,13H,1-7H2,(H,12,14)/t9-,10-/m0/s1. The van der Waals surface area contributed by atoms with E-state index in [4.69, 9.17) is 0 Å². The number of carbonyl (C=O) groups excluding carboxylic acids is 1. The Balaban J connectivity index is 1.73. The molecule has 1 amide bonds. The normalized spacial score (nSPS) is 32.6. The Morgan fingerprint density at radius 1 is 1.21 bits per heavy atom. The number of nitrogens with one attached hydrogen (secondary N) is 1. The van der Waals surface area contributed by atoms with Crippen LogP contribution in [0.5, 0.6) is 0 Å². The van der Waals surface area contributed by atoms with Gasteiger partial charge in [0.05, 0.1) is 12.1 Å². The van der Waals surface area contributed by atoms with Gasteiger partial charge in [0.2, 0.25) is 5.91 Å². The first-order valence-corrected chi connectivity index (χ1v) is 5.73. The highest BCUT2D eigenvalue weighted by molar-refractivity contribution is 5.76. The molecule has 3 nitrogen and oxygen atoms in total. The molecule has 2 aliphatic carbocycles. The summed E-state index contributed by atoms with van der Waals surface area (Å²) in [6.07, 6.45) is 6.78. The van der Waals surface area contributed by atoms with E-state index < -0.39 is 0 Å². The smallest absolute Gasteiger partial charge is 0.220 e. The van der Waals surface area contributed by atoms with Crippen molar-refractivity contribution in [1.29, 1.82) is 0 Å². The lowest BCUT2D eigenvalue weighted by molar-refractivity contribution is -0.123. The summed E-state index contributed by atoms with van der Waals surface area (Å²) in [5.41, 5.74) is 0. The average Bonchev–Trinajstić information content (AvgIpc) is 2.93. The lowest BCUT2D eigenvalue weighted by Crippen LogP contribution is -2.45. The molecule has 0 aromatic rings. The Labute approximate surface area is 84.9 Å². The van der Waals surface area contributed by atoms with E-state index in [-0.39, 0.29) is 18.1 Å². The summed E-state index contributed by atoms with van der Waals surface area (Å²) in [4.78, 5) is 11.5. The molecule has 0 radical (unpaired) electrons. The summed E-state index contributed by atoms with van der Waals surface area (Å²) >= 11 is 0. The summed E-state index contributed by atoms with van der Waals surface area (Å²) in [6.45, 7) is 0. The third kappa shape index (κ3) is 2.71. The second-order valence-corrected chi connectivity index (χ2v) is 4.67. The van der Waals surface area contributed by atoms with Crippen molar-refractivity contribution in [3.05, 3.63) is 0 Å². The molecular weight excluding hydrogens is 178 g/mol. The zero-order valence-electron chi connectivity index (χ0n) is 8.54. The number of rotatable bonds is 3. The first-order chi connectivity index (χ1) is 6.75. The molecule has 3 heteroatoms. The molecule has 2 fully saturated rings. The van der Waals surface area contributed by atoms with E-state index in [9.17, 15) is 9.90 Å². The summed E-state index contributed by atoms with van der Waals surface area (Å²) in [5.74, 6) is 0.772. The van der Waals surface area contributed by atoms with Crippen LogP contribution >= 0.6 is 0 Å². The molecule has 2 rings (SSSR count). The quantitative estimate of drug-likeness (QED) is 0.714. The monoisotopic (exact) mass is 197 g/mol. The van der Waals surface area contributed by atoms with Crippen LogP contribution in [0.2, 0.25) is 0 Å². The van der Waals surface area contributed by atoms with Crippen LogP contribution in [0.3, 0.4) is 0 Å². The van der Waals surface area contributed by atoms with Gasteiger partial charge >= 0.3 is 0 Å². The molecule has 0 aromatic heterocycles. The van der Waals surface area contributed by atoms with Gasteiger partial charge in [-0.3, -0.25) is 4.79 Å². The van der Waals surface area contributed by atoms with E-state index in [0.29, 0.717) is 12.3 Å². The van der Waals surface area contributed by atoms with Crippen LogP contribution in [0.1, 0.15) is 44.9 Å². The minimum atomic E-state index is -0.313. The molecule has 0 spiro atoms. The van der Waals surface area contributed by atoms with Crippen molar-refractivity contribution in [2.24, 2.45) is 5.92 Å². The highest BCUT2D eigenvalue weighted by Crippen LogP contribution is 2.32. The fourth-order valence-electron chi connectivity index (χ4n) is 2.13. The van der Waals surface area contributed by atoms with E-state index in [0.717, 1.165) is 25.7 Å². The summed E-state index contributed by atoms with van der Waals surface area (Å²) in [6, 6.07) is 0.0231. The molecule has 0 aromatic carbocycles. The molecule has 0 aliphatic heterocycles. The Bertz CT molecular complexity index is 213. The van der Waals surface area contributed by atoms with Crippen molar-refractivity contribution in [3.63, 3.8) is 0 Å². The van der Waals surface area contributed by atoms with Crippen molar-refractivity contribution in [2.75, 3.05) is 0 Å². The predicted molar refractivity (Wildman–Crippen MR) is 53.7 cm³/mol. The predicted octanol–water partition coefficient (Wildman–Crippen LogP) is 1.21. The minimum Gasteiger partial charge on any atom is -0.391 e. The van der Waals surface area contributed by atoms with Crippen LogP contribution in [0, 0.1) is 5.92 Å². The molecule has 2 saturated carbocycles. The average molecular weight is 197 g/mol. The van der Waals surface area contributed by atoms with Gasteiger partial charge in [0, 0.05) is 6.42 Å². The SMILES string of the molecule is O=C(CC1CC1)N[C@H]1CCCC[C@@H]1O. The van der Waals surface area contributed by atoms with Gasteiger partial charge < -0.3 is 10.4 Å². The molecular formula is C11H19NO2. The van der Waals surface area contributed by atoms with Crippen LogP contribution in [-0.4, -0.2) is 23.2 Å². The lowest BCUT2D eigenvalue weighted by Gasteiger charge is -2.28. The van der Waals surface area contributed by atoms with E-state index in [1.54, 1.807) is 0 Å². The third-order valence-corrected chi connectivity index (χ3v) is 3.25. The highest BCUT2D eigenvalue weighted by atomic mass is 16.3. The first kappa shape index (κ1) is 9.97. The Hall–Kier alpha value is -0.570. The van der Waals surface area contributed by atoms with Crippen LogP contribution in [0.4, 0.5) is 0 Å². The number of hydrogen-bond acceptors (Lipinski definition) is 2. The van der Waals surface area contributed by atoms with Gasteiger partial charge in [0.1, 0.15) is 0 Å². The molecule has 0 unspecified atom stereocenters. The maximum absolute atomic E-state index is 11.5. The molecule has 0 bridgehead atoms. The topological polar surface area (TPSA) is 49.3 Å². The van der Waals surface area contributed by atoms with E-state index in [1.165, 1.54) is 12.8 Å². The van der Waals surface area contributed by atoms with Gasteiger partial charge in [-0.1, -0.05) is 12.8 Å².